The SMILES string of the molecule is O=C1C=C(N2CCNCC2)c2c[nH]c3c(-c4ccccc4O)nnc(c23)N1. The van der Waals surface area contributed by atoms with E-state index in [1.165, 1.54) is 0 Å². The molecule has 2 aliphatic rings. The first kappa shape index (κ1) is 15.8. The zero-order chi connectivity index (χ0) is 18.4. The molecule has 1 fully saturated rings. The standard InChI is InChI=1S/C19H18N6O2/c26-14-4-2-1-3-11(14)17-18-16-12(10-21-18)13(25-7-5-20-6-8-25)9-15(27)22-19(16)24-23-17/h1-4,9-10,20-21,26H,5-8H2,(H,22,24,27). The van der Waals surface area contributed by atoms with Crippen LogP contribution in [0.5, 0.6) is 5.75 Å². The van der Waals surface area contributed by atoms with Crippen LogP contribution >= 0.6 is 0 Å². The highest BCUT2D eigenvalue weighted by Crippen LogP contribution is 2.39. The van der Waals surface area contributed by atoms with E-state index < -0.39 is 0 Å². The van der Waals surface area contributed by atoms with Crippen molar-refractivity contribution in [1.29, 1.82) is 0 Å². The summed E-state index contributed by atoms with van der Waals surface area (Å²) in [6, 6.07) is 7.01. The van der Waals surface area contributed by atoms with Crippen molar-refractivity contribution in [3.05, 3.63) is 42.1 Å². The molecule has 2 aromatic heterocycles. The van der Waals surface area contributed by atoms with E-state index in [0.717, 1.165) is 48.3 Å². The molecule has 1 amide bonds. The first-order valence-corrected chi connectivity index (χ1v) is 8.87. The van der Waals surface area contributed by atoms with Gasteiger partial charge in [0, 0.05) is 49.6 Å². The minimum Gasteiger partial charge on any atom is -0.507 e. The molecular formula is C19H18N6O2. The van der Waals surface area contributed by atoms with Gasteiger partial charge in [-0.2, -0.15) is 0 Å². The van der Waals surface area contributed by atoms with Crippen molar-refractivity contribution >= 4 is 28.3 Å². The number of H-pyrrole nitrogens is 1. The number of amides is 1. The molecule has 0 bridgehead atoms. The molecule has 27 heavy (non-hydrogen) atoms. The predicted octanol–water partition coefficient (Wildman–Crippen LogP) is 1.53. The summed E-state index contributed by atoms with van der Waals surface area (Å²) in [4.78, 5) is 17.9. The lowest BCUT2D eigenvalue weighted by atomic mass is 10.1. The van der Waals surface area contributed by atoms with E-state index in [1.54, 1.807) is 24.3 Å². The second-order valence-corrected chi connectivity index (χ2v) is 6.62. The summed E-state index contributed by atoms with van der Waals surface area (Å²) in [5.74, 6) is 0.339. The molecule has 0 unspecified atom stereocenters. The maximum Gasteiger partial charge on any atom is 0.251 e. The number of piperazine rings is 1. The van der Waals surface area contributed by atoms with Crippen LogP contribution in [0.3, 0.4) is 0 Å². The Bertz CT molecular complexity index is 1080. The Morgan fingerprint density at radius 1 is 1.07 bits per heavy atom. The van der Waals surface area contributed by atoms with E-state index in [1.807, 2.05) is 12.3 Å². The second-order valence-electron chi connectivity index (χ2n) is 6.62. The van der Waals surface area contributed by atoms with Gasteiger partial charge in [0.25, 0.3) is 5.91 Å². The molecule has 2 aliphatic heterocycles. The summed E-state index contributed by atoms with van der Waals surface area (Å²) < 4.78 is 0. The highest BCUT2D eigenvalue weighted by Gasteiger charge is 2.26. The van der Waals surface area contributed by atoms with Crippen LogP contribution in [0.4, 0.5) is 5.82 Å². The van der Waals surface area contributed by atoms with Crippen molar-refractivity contribution in [3.8, 4) is 17.0 Å². The molecule has 3 aromatic rings. The predicted molar refractivity (Wildman–Crippen MR) is 102 cm³/mol. The van der Waals surface area contributed by atoms with Crippen LogP contribution in [0.15, 0.2) is 36.5 Å². The fourth-order valence-corrected chi connectivity index (χ4v) is 3.73. The van der Waals surface area contributed by atoms with Crippen molar-refractivity contribution in [1.82, 2.24) is 25.4 Å². The van der Waals surface area contributed by atoms with Crippen LogP contribution in [0.2, 0.25) is 0 Å². The zero-order valence-electron chi connectivity index (χ0n) is 14.5. The molecular weight excluding hydrogens is 344 g/mol. The van der Waals surface area contributed by atoms with Gasteiger partial charge in [-0.15, -0.1) is 10.2 Å². The fraction of sp³-hybridized carbons (Fsp3) is 0.211. The summed E-state index contributed by atoms with van der Waals surface area (Å²) >= 11 is 0. The molecule has 0 spiro atoms. The number of benzene rings is 1. The normalized spacial score (nSPS) is 16.8. The Kier molecular flexibility index (Phi) is 3.58. The third-order valence-corrected chi connectivity index (χ3v) is 5.01. The number of nitrogens with one attached hydrogen (secondary N) is 3. The molecule has 5 rings (SSSR count). The number of rotatable bonds is 2. The Morgan fingerprint density at radius 2 is 1.89 bits per heavy atom. The molecule has 1 saturated heterocycles. The molecule has 0 saturated carbocycles. The molecule has 136 valence electrons. The number of aromatic amines is 1. The molecule has 8 heteroatoms. The summed E-state index contributed by atoms with van der Waals surface area (Å²) in [5.41, 5.74) is 3.66. The molecule has 0 atom stereocenters. The van der Waals surface area contributed by atoms with Gasteiger partial charge in [0.05, 0.1) is 16.6 Å². The number of hydrogen-bond acceptors (Lipinski definition) is 6. The van der Waals surface area contributed by atoms with Crippen molar-refractivity contribution < 1.29 is 9.90 Å². The first-order valence-electron chi connectivity index (χ1n) is 8.87. The molecule has 1 aromatic carbocycles. The van der Waals surface area contributed by atoms with Gasteiger partial charge in [-0.05, 0) is 12.1 Å². The van der Waals surface area contributed by atoms with Crippen molar-refractivity contribution in [2.24, 2.45) is 0 Å². The molecule has 8 nitrogen and oxygen atoms in total. The van der Waals surface area contributed by atoms with Gasteiger partial charge in [-0.25, -0.2) is 0 Å². The summed E-state index contributed by atoms with van der Waals surface area (Å²) in [7, 11) is 0. The Balaban J connectivity index is 1.73. The van der Waals surface area contributed by atoms with Gasteiger partial charge in [0.15, 0.2) is 5.82 Å². The van der Waals surface area contributed by atoms with E-state index in [0.29, 0.717) is 17.1 Å². The minimum atomic E-state index is -0.217. The molecule has 4 N–H and O–H groups in total. The summed E-state index contributed by atoms with van der Waals surface area (Å²) in [6.07, 6.45) is 3.50. The van der Waals surface area contributed by atoms with E-state index >= 15 is 0 Å². The maximum atomic E-state index is 12.4. The third-order valence-electron chi connectivity index (χ3n) is 5.01. The largest absolute Gasteiger partial charge is 0.507 e. The van der Waals surface area contributed by atoms with E-state index in [9.17, 15) is 9.90 Å². The van der Waals surface area contributed by atoms with Crippen LogP contribution in [0, 0.1) is 0 Å². The summed E-state index contributed by atoms with van der Waals surface area (Å²) in [5, 5.41) is 25.7. The van der Waals surface area contributed by atoms with Crippen molar-refractivity contribution in [2.45, 2.75) is 0 Å². The maximum absolute atomic E-state index is 12.4. The average molecular weight is 362 g/mol. The quantitative estimate of drug-likeness (QED) is 0.551. The number of phenolic OH excluding ortho intramolecular Hbond substituents is 1. The monoisotopic (exact) mass is 362 g/mol. The van der Waals surface area contributed by atoms with Gasteiger partial charge >= 0.3 is 0 Å². The van der Waals surface area contributed by atoms with E-state index in [2.05, 4.69) is 30.7 Å². The number of aromatic hydroxyl groups is 1. The topological polar surface area (TPSA) is 106 Å². The molecule has 0 aliphatic carbocycles. The number of aromatic nitrogens is 3. The molecule has 4 heterocycles. The number of anilines is 1. The van der Waals surface area contributed by atoms with E-state index in [4.69, 9.17) is 0 Å². The number of nitrogens with zero attached hydrogens (tertiary/aromatic N) is 3. The lowest BCUT2D eigenvalue weighted by Crippen LogP contribution is -2.42. The van der Waals surface area contributed by atoms with Crippen LogP contribution < -0.4 is 10.6 Å². The highest BCUT2D eigenvalue weighted by molar-refractivity contribution is 6.15. The first-order chi connectivity index (χ1) is 13.2. The van der Waals surface area contributed by atoms with Gasteiger partial charge in [-0.1, -0.05) is 12.1 Å². The van der Waals surface area contributed by atoms with Gasteiger partial charge < -0.3 is 25.6 Å². The zero-order valence-corrected chi connectivity index (χ0v) is 14.5. The Hall–Kier alpha value is -3.39. The smallest absolute Gasteiger partial charge is 0.251 e. The number of hydrogen-bond donors (Lipinski definition) is 4. The van der Waals surface area contributed by atoms with Crippen LogP contribution in [-0.4, -0.2) is 57.3 Å². The van der Waals surface area contributed by atoms with Crippen LogP contribution in [-0.2, 0) is 4.79 Å². The number of phenols is 1. The summed E-state index contributed by atoms with van der Waals surface area (Å²) in [6.45, 7) is 3.39. The lowest BCUT2D eigenvalue weighted by molar-refractivity contribution is -0.111. The molecule has 0 radical (unpaired) electrons. The third kappa shape index (κ3) is 2.53. The van der Waals surface area contributed by atoms with Gasteiger partial charge in [-0.3, -0.25) is 4.79 Å². The fourth-order valence-electron chi connectivity index (χ4n) is 3.73. The minimum absolute atomic E-state index is 0.133. The van der Waals surface area contributed by atoms with Crippen molar-refractivity contribution in [3.63, 3.8) is 0 Å². The van der Waals surface area contributed by atoms with Gasteiger partial charge in [0.2, 0.25) is 0 Å². The second kappa shape index (κ2) is 6.10. The number of para-hydroxylation sites is 1. The highest BCUT2D eigenvalue weighted by atomic mass is 16.3. The lowest BCUT2D eigenvalue weighted by Gasteiger charge is -2.31. The number of carbonyl (C=O) groups is 1. The Labute approximate surface area is 154 Å². The average Bonchev–Trinajstić information content (AvgIpc) is 3.07. The van der Waals surface area contributed by atoms with Crippen LogP contribution in [0.1, 0.15) is 5.56 Å². The van der Waals surface area contributed by atoms with E-state index in [-0.39, 0.29) is 11.7 Å². The van der Waals surface area contributed by atoms with Crippen molar-refractivity contribution in [2.75, 3.05) is 31.5 Å². The van der Waals surface area contributed by atoms with Crippen LogP contribution in [0.25, 0.3) is 27.9 Å². The number of carbonyl (C=O) groups excluding carboxylic acids is 1. The van der Waals surface area contributed by atoms with Gasteiger partial charge in [0.1, 0.15) is 11.4 Å². The Morgan fingerprint density at radius 3 is 2.70 bits per heavy atom.